The van der Waals surface area contributed by atoms with Gasteiger partial charge in [-0.15, -0.1) is 0 Å². The molecule has 3 aromatic carbocycles. The lowest BCUT2D eigenvalue weighted by molar-refractivity contribution is 0.0728. The maximum atomic E-state index is 14.0. The topological polar surface area (TPSA) is 35.5 Å². The maximum Gasteiger partial charge on any atom is 0.347 e. The van der Waals surface area contributed by atoms with E-state index in [2.05, 4.69) is 0 Å². The van der Waals surface area contributed by atoms with Gasteiger partial charge in [0, 0.05) is 11.6 Å². The Kier molecular flexibility index (Phi) is 5.27. The van der Waals surface area contributed by atoms with Crippen LogP contribution < -0.4 is 9.47 Å². The van der Waals surface area contributed by atoms with Crippen molar-refractivity contribution in [3.63, 3.8) is 0 Å². The Hall–Kier alpha value is -3.21. The minimum Gasteiger partial charge on any atom is -0.488 e. The van der Waals surface area contributed by atoms with Gasteiger partial charge < -0.3 is 9.47 Å². The van der Waals surface area contributed by atoms with E-state index >= 15 is 0 Å². The molecular formula is C21H16F2O3. The highest BCUT2D eigenvalue weighted by atomic mass is 19.2. The minimum atomic E-state index is -1.10. The van der Waals surface area contributed by atoms with Crippen LogP contribution in [0.1, 0.15) is 21.5 Å². The van der Waals surface area contributed by atoms with E-state index in [9.17, 15) is 13.6 Å². The second kappa shape index (κ2) is 7.78. The standard InChI is InChI=1S/C21H16F2O3/c1-14-19(21(24)26-16-10-6-3-7-11-16)18(12-17(22)20(14)23)25-13-15-8-4-2-5-9-15/h2-12H,13H2,1H3. The van der Waals surface area contributed by atoms with Gasteiger partial charge in [0.2, 0.25) is 0 Å². The molecule has 0 radical (unpaired) electrons. The fourth-order valence-corrected chi connectivity index (χ4v) is 2.47. The van der Waals surface area contributed by atoms with Gasteiger partial charge in [0.05, 0.1) is 0 Å². The zero-order chi connectivity index (χ0) is 18.5. The summed E-state index contributed by atoms with van der Waals surface area (Å²) in [6, 6.07) is 18.4. The summed E-state index contributed by atoms with van der Waals surface area (Å²) in [5.41, 5.74) is 0.537. The molecule has 3 aromatic rings. The Balaban J connectivity index is 1.91. The van der Waals surface area contributed by atoms with Gasteiger partial charge in [0.25, 0.3) is 0 Å². The van der Waals surface area contributed by atoms with E-state index in [0.29, 0.717) is 5.75 Å². The third-order valence-electron chi connectivity index (χ3n) is 3.81. The van der Waals surface area contributed by atoms with Crippen LogP contribution in [-0.2, 0) is 6.61 Å². The zero-order valence-electron chi connectivity index (χ0n) is 14.0. The van der Waals surface area contributed by atoms with E-state index < -0.39 is 17.6 Å². The van der Waals surface area contributed by atoms with E-state index in [0.717, 1.165) is 11.6 Å². The van der Waals surface area contributed by atoms with Gasteiger partial charge in [-0.1, -0.05) is 48.5 Å². The second-order valence-electron chi connectivity index (χ2n) is 5.65. The molecule has 0 N–H and O–H groups in total. The SMILES string of the molecule is Cc1c(F)c(F)cc(OCc2ccccc2)c1C(=O)Oc1ccccc1. The maximum absolute atomic E-state index is 14.0. The van der Waals surface area contributed by atoms with Gasteiger partial charge in [-0.2, -0.15) is 0 Å². The van der Waals surface area contributed by atoms with Crippen LogP contribution >= 0.6 is 0 Å². The zero-order valence-corrected chi connectivity index (χ0v) is 14.0. The van der Waals surface area contributed by atoms with Crippen LogP contribution in [0.5, 0.6) is 11.5 Å². The molecule has 5 heteroatoms. The van der Waals surface area contributed by atoms with Crippen molar-refractivity contribution in [3.8, 4) is 11.5 Å². The first kappa shape index (κ1) is 17.6. The molecule has 26 heavy (non-hydrogen) atoms. The fourth-order valence-electron chi connectivity index (χ4n) is 2.47. The normalized spacial score (nSPS) is 10.4. The monoisotopic (exact) mass is 354 g/mol. The largest absolute Gasteiger partial charge is 0.488 e. The number of carbonyl (C=O) groups is 1. The predicted molar refractivity (Wildman–Crippen MR) is 93.3 cm³/mol. The van der Waals surface area contributed by atoms with Crippen LogP contribution in [-0.4, -0.2) is 5.97 Å². The number of esters is 1. The summed E-state index contributed by atoms with van der Waals surface area (Å²) in [6.07, 6.45) is 0. The van der Waals surface area contributed by atoms with Crippen LogP contribution in [0.15, 0.2) is 66.7 Å². The van der Waals surface area contributed by atoms with Crippen molar-refractivity contribution >= 4 is 5.97 Å². The van der Waals surface area contributed by atoms with E-state index in [1.54, 1.807) is 30.3 Å². The van der Waals surface area contributed by atoms with Gasteiger partial charge in [0.1, 0.15) is 23.7 Å². The lowest BCUT2D eigenvalue weighted by atomic mass is 10.1. The molecule has 0 fully saturated rings. The number of benzene rings is 3. The summed E-state index contributed by atoms with van der Waals surface area (Å²) in [5, 5.41) is 0. The van der Waals surface area contributed by atoms with Crippen LogP contribution in [0.25, 0.3) is 0 Å². The van der Waals surface area contributed by atoms with Crippen molar-refractivity contribution in [3.05, 3.63) is 95.1 Å². The molecule has 3 nitrogen and oxygen atoms in total. The Labute approximate surface area is 149 Å². The number of carbonyl (C=O) groups excluding carboxylic acids is 1. The molecule has 0 atom stereocenters. The van der Waals surface area contributed by atoms with E-state index in [1.807, 2.05) is 30.3 Å². The smallest absolute Gasteiger partial charge is 0.347 e. The van der Waals surface area contributed by atoms with Gasteiger partial charge in [-0.05, 0) is 24.6 Å². The molecule has 132 valence electrons. The van der Waals surface area contributed by atoms with Crippen molar-refractivity contribution in [1.82, 2.24) is 0 Å². The van der Waals surface area contributed by atoms with Gasteiger partial charge >= 0.3 is 5.97 Å². The third kappa shape index (κ3) is 3.88. The first-order chi connectivity index (χ1) is 12.6. The molecule has 3 rings (SSSR count). The molecule has 0 amide bonds. The van der Waals surface area contributed by atoms with E-state index in [-0.39, 0.29) is 23.5 Å². The summed E-state index contributed by atoms with van der Waals surface area (Å²) in [7, 11) is 0. The van der Waals surface area contributed by atoms with Gasteiger partial charge in [-0.25, -0.2) is 13.6 Å². The molecule has 0 saturated carbocycles. The summed E-state index contributed by atoms with van der Waals surface area (Å²) in [5.74, 6) is -2.75. The minimum absolute atomic E-state index is 0.0637. The average Bonchev–Trinajstić information content (AvgIpc) is 2.66. The Bertz CT molecular complexity index is 910. The first-order valence-electron chi connectivity index (χ1n) is 7.99. The highest BCUT2D eigenvalue weighted by Crippen LogP contribution is 2.29. The van der Waals surface area contributed by atoms with Crippen molar-refractivity contribution in [2.45, 2.75) is 13.5 Å². The number of rotatable bonds is 5. The van der Waals surface area contributed by atoms with Crippen LogP contribution in [0, 0.1) is 18.6 Å². The van der Waals surface area contributed by atoms with Crippen molar-refractivity contribution in [2.75, 3.05) is 0 Å². The third-order valence-corrected chi connectivity index (χ3v) is 3.81. The second-order valence-corrected chi connectivity index (χ2v) is 5.65. The summed E-state index contributed by atoms with van der Waals surface area (Å²) < 4.78 is 38.7. The molecule has 0 aromatic heterocycles. The number of para-hydroxylation sites is 1. The van der Waals surface area contributed by atoms with E-state index in [4.69, 9.17) is 9.47 Å². The highest BCUT2D eigenvalue weighted by molar-refractivity contribution is 5.95. The first-order valence-corrected chi connectivity index (χ1v) is 7.99. The van der Waals surface area contributed by atoms with Crippen LogP contribution in [0.2, 0.25) is 0 Å². The molecule has 0 aliphatic rings. The number of halogens is 2. The summed E-state index contributed by atoms with van der Waals surface area (Å²) >= 11 is 0. The molecule has 0 aliphatic heterocycles. The fraction of sp³-hybridized carbons (Fsp3) is 0.0952. The lowest BCUT2D eigenvalue weighted by Crippen LogP contribution is -2.14. The Morgan fingerprint density at radius 3 is 2.23 bits per heavy atom. The molecule has 0 spiro atoms. The van der Waals surface area contributed by atoms with Crippen molar-refractivity contribution in [1.29, 1.82) is 0 Å². The molecule has 0 bridgehead atoms. The summed E-state index contributed by atoms with van der Waals surface area (Å²) in [6.45, 7) is 1.42. The van der Waals surface area contributed by atoms with Crippen molar-refractivity contribution < 1.29 is 23.0 Å². The van der Waals surface area contributed by atoms with Crippen LogP contribution in [0.4, 0.5) is 8.78 Å². The van der Waals surface area contributed by atoms with Gasteiger partial charge in [0.15, 0.2) is 11.6 Å². The van der Waals surface area contributed by atoms with Crippen LogP contribution in [0.3, 0.4) is 0 Å². The Morgan fingerprint density at radius 1 is 0.962 bits per heavy atom. The van der Waals surface area contributed by atoms with Crippen molar-refractivity contribution in [2.24, 2.45) is 0 Å². The van der Waals surface area contributed by atoms with E-state index in [1.165, 1.54) is 6.92 Å². The number of ether oxygens (including phenoxy) is 2. The predicted octanol–water partition coefficient (Wildman–Crippen LogP) is 5.07. The van der Waals surface area contributed by atoms with Gasteiger partial charge in [-0.3, -0.25) is 0 Å². The number of hydrogen-bond acceptors (Lipinski definition) is 3. The molecule has 0 aliphatic carbocycles. The molecule has 0 heterocycles. The number of hydrogen-bond donors (Lipinski definition) is 0. The molecular weight excluding hydrogens is 338 g/mol. The quantitative estimate of drug-likeness (QED) is 0.474. The lowest BCUT2D eigenvalue weighted by Gasteiger charge is -2.14. The summed E-state index contributed by atoms with van der Waals surface area (Å²) in [4.78, 5) is 12.5. The molecule has 0 saturated heterocycles. The average molecular weight is 354 g/mol. The molecule has 0 unspecified atom stereocenters. The highest BCUT2D eigenvalue weighted by Gasteiger charge is 2.24. The Morgan fingerprint density at radius 2 is 1.58 bits per heavy atom.